The van der Waals surface area contributed by atoms with Gasteiger partial charge in [0.05, 0.1) is 30.8 Å². The number of rotatable bonds is 13. The van der Waals surface area contributed by atoms with Crippen molar-refractivity contribution >= 4 is 17.7 Å². The molecule has 10 atom stereocenters. The third kappa shape index (κ3) is 8.27. The van der Waals surface area contributed by atoms with E-state index < -0.39 is 17.6 Å². The zero-order chi connectivity index (χ0) is 44.8. The third-order valence-corrected chi connectivity index (χ3v) is 17.8. The summed E-state index contributed by atoms with van der Waals surface area (Å²) in [5.74, 6) is 0.0110. The number of fused-ring (bicyclic) bond motifs is 7. The summed E-state index contributed by atoms with van der Waals surface area (Å²) in [6.45, 7) is 17.0. The van der Waals surface area contributed by atoms with E-state index in [-0.39, 0.29) is 95.0 Å². The van der Waals surface area contributed by atoms with E-state index >= 15 is 4.79 Å². The van der Waals surface area contributed by atoms with Crippen molar-refractivity contribution in [3.63, 3.8) is 0 Å². The van der Waals surface area contributed by atoms with Gasteiger partial charge in [0.15, 0.2) is 11.9 Å². The van der Waals surface area contributed by atoms with E-state index in [0.717, 1.165) is 68.1 Å². The summed E-state index contributed by atoms with van der Waals surface area (Å²) in [5.41, 5.74) is 2.62. The lowest BCUT2D eigenvalue weighted by Crippen LogP contribution is -2.66. The van der Waals surface area contributed by atoms with Gasteiger partial charge in [-0.15, -0.1) is 0 Å². The molecule has 4 fully saturated rings. The van der Waals surface area contributed by atoms with Crippen molar-refractivity contribution in [1.29, 1.82) is 0 Å². The molecular weight excluding hydrogens is 787 g/mol. The average Bonchev–Trinajstić information content (AvgIpc) is 3.26. The third-order valence-electron chi connectivity index (χ3n) is 17.8. The van der Waals surface area contributed by atoms with Crippen LogP contribution in [0.4, 0.5) is 0 Å². The van der Waals surface area contributed by atoms with Crippen molar-refractivity contribution in [3.05, 3.63) is 119 Å². The van der Waals surface area contributed by atoms with Crippen LogP contribution in [0.2, 0.25) is 0 Å². The first-order valence-electron chi connectivity index (χ1n) is 23.7. The number of aliphatic hydroxyl groups is 1. The first kappa shape index (κ1) is 45.5. The van der Waals surface area contributed by atoms with Crippen molar-refractivity contribution < 1.29 is 33.7 Å². The minimum Gasteiger partial charge on any atom is -0.460 e. The first-order chi connectivity index (χ1) is 29.9. The Morgan fingerprint density at radius 3 is 2.05 bits per heavy atom. The Balaban J connectivity index is 0.952. The van der Waals surface area contributed by atoms with Crippen molar-refractivity contribution in [2.24, 2.45) is 50.2 Å². The van der Waals surface area contributed by atoms with Gasteiger partial charge >= 0.3 is 11.9 Å². The largest absolute Gasteiger partial charge is 0.460 e. The van der Waals surface area contributed by atoms with Crippen LogP contribution in [0.25, 0.3) is 0 Å². The summed E-state index contributed by atoms with van der Waals surface area (Å²) in [5, 5.41) is 13.9. The maximum Gasteiger partial charge on any atom is 0.320 e. The number of carbonyl (C=O) groups excluding carboxylic acids is 3. The van der Waals surface area contributed by atoms with Crippen molar-refractivity contribution in [2.45, 2.75) is 131 Å². The Morgan fingerprint density at radius 2 is 1.40 bits per heavy atom. The second kappa shape index (κ2) is 17.4. The number of carbonyl (C=O) groups is 3. The molecule has 5 aliphatic rings. The number of esters is 2. The molecule has 63 heavy (non-hydrogen) atoms. The molecule has 0 heterocycles. The minimum absolute atomic E-state index is 0.0110. The van der Waals surface area contributed by atoms with Crippen molar-refractivity contribution in [2.75, 3.05) is 19.7 Å². The van der Waals surface area contributed by atoms with E-state index in [1.54, 1.807) is 0 Å². The second-order valence-corrected chi connectivity index (χ2v) is 22.0. The lowest BCUT2D eigenvalue weighted by molar-refractivity contribution is -0.212. The molecule has 5 aliphatic carbocycles. The molecule has 0 aliphatic heterocycles. The summed E-state index contributed by atoms with van der Waals surface area (Å²) < 4.78 is 18.5. The smallest absolute Gasteiger partial charge is 0.320 e. The molecule has 8 heteroatoms. The molecular formula is C55H71NO7. The number of nitrogens with one attached hydrogen (secondary N) is 1. The van der Waals surface area contributed by atoms with E-state index in [9.17, 15) is 14.7 Å². The molecule has 0 spiro atoms. The lowest BCUT2D eigenvalue weighted by Gasteiger charge is -2.70. The standard InChI is InChI=1S/C55H71NO7/c1-50(2)44-23-26-55(7)48(53(44,5)25-24-45(50)61-36-40(57)33-56-34-46(59)62-35-37-17-11-8-12-18-37)43(58)31-41-42-32-52(4,28-27-51(42,3)29-30-54(41,55)6)49(60)63-47(38-19-13-9-14-20-38)39-21-15-10-16-22-39/h8-22,31,40,42,44-45,47-48,56-57H,23-30,32-36H2,1-7H3. The quantitative estimate of drug-likeness (QED) is 0.164. The summed E-state index contributed by atoms with van der Waals surface area (Å²) >= 11 is 0. The normalized spacial score (nSPS) is 34.9. The van der Waals surface area contributed by atoms with Crippen LogP contribution in [0, 0.1) is 50.2 Å². The summed E-state index contributed by atoms with van der Waals surface area (Å²) in [7, 11) is 0. The van der Waals surface area contributed by atoms with E-state index in [4.69, 9.17) is 14.2 Å². The van der Waals surface area contributed by atoms with Crippen LogP contribution in [0.15, 0.2) is 103 Å². The van der Waals surface area contributed by atoms with Gasteiger partial charge in [-0.05, 0) is 126 Å². The van der Waals surface area contributed by atoms with E-state index in [2.05, 4.69) is 59.9 Å². The number of allylic oxidation sites excluding steroid dienone is 2. The molecule has 0 bridgehead atoms. The Hall–Kier alpha value is -4.11. The highest BCUT2D eigenvalue weighted by atomic mass is 16.5. The van der Waals surface area contributed by atoms with Crippen LogP contribution in [0.3, 0.4) is 0 Å². The SMILES string of the molecule is CC1(C(=O)OC(c2ccccc2)c2ccccc2)CCC2(C)CCC3(C)C(=CC(=O)C4C5(C)CCC(OCC(O)CNCC(=O)OCc6ccccc6)C(C)(C)C5CCC43C)C2C1. The van der Waals surface area contributed by atoms with Crippen LogP contribution in [-0.4, -0.2) is 54.7 Å². The molecule has 3 aromatic carbocycles. The minimum atomic E-state index is -0.774. The van der Waals surface area contributed by atoms with E-state index in [1.165, 1.54) is 5.57 Å². The second-order valence-electron chi connectivity index (χ2n) is 22.0. The topological polar surface area (TPSA) is 111 Å². The summed E-state index contributed by atoms with van der Waals surface area (Å²) in [6.07, 6.45) is 8.91. The number of hydrogen-bond acceptors (Lipinski definition) is 8. The van der Waals surface area contributed by atoms with Crippen LogP contribution >= 0.6 is 0 Å². The first-order valence-corrected chi connectivity index (χ1v) is 23.7. The van der Waals surface area contributed by atoms with Gasteiger partial charge in [0.1, 0.15) is 6.61 Å². The van der Waals surface area contributed by atoms with Gasteiger partial charge in [0, 0.05) is 12.5 Å². The fourth-order valence-electron chi connectivity index (χ4n) is 13.9. The fraction of sp³-hybridized carbons (Fsp3) is 0.582. The summed E-state index contributed by atoms with van der Waals surface area (Å²) in [6, 6.07) is 29.7. The van der Waals surface area contributed by atoms with Gasteiger partial charge in [0.2, 0.25) is 0 Å². The molecule has 0 radical (unpaired) electrons. The molecule has 0 saturated heterocycles. The Bertz CT molecular complexity index is 2120. The number of ether oxygens (including phenoxy) is 3. The van der Waals surface area contributed by atoms with Crippen LogP contribution < -0.4 is 5.32 Å². The van der Waals surface area contributed by atoms with Gasteiger partial charge in [-0.1, -0.05) is 138 Å². The molecule has 2 N–H and O–H groups in total. The highest BCUT2D eigenvalue weighted by molar-refractivity contribution is 5.95. The molecule has 0 amide bonds. The molecule has 10 unspecified atom stereocenters. The zero-order valence-electron chi connectivity index (χ0n) is 38.8. The van der Waals surface area contributed by atoms with Gasteiger partial charge in [-0.3, -0.25) is 14.4 Å². The van der Waals surface area contributed by atoms with Gasteiger partial charge in [-0.25, -0.2) is 0 Å². The fourth-order valence-corrected chi connectivity index (χ4v) is 13.9. The zero-order valence-corrected chi connectivity index (χ0v) is 38.8. The highest BCUT2D eigenvalue weighted by Crippen LogP contribution is 2.75. The predicted octanol–water partition coefficient (Wildman–Crippen LogP) is 10.4. The Kier molecular flexibility index (Phi) is 12.5. The van der Waals surface area contributed by atoms with Gasteiger partial charge in [-0.2, -0.15) is 0 Å². The van der Waals surface area contributed by atoms with E-state index in [1.807, 2.05) is 91.0 Å². The van der Waals surface area contributed by atoms with Crippen molar-refractivity contribution in [1.82, 2.24) is 5.32 Å². The Labute approximate surface area is 375 Å². The van der Waals surface area contributed by atoms with Crippen LogP contribution in [0.5, 0.6) is 0 Å². The van der Waals surface area contributed by atoms with Crippen LogP contribution in [0.1, 0.15) is 129 Å². The monoisotopic (exact) mass is 858 g/mol. The number of ketones is 1. The highest BCUT2D eigenvalue weighted by Gasteiger charge is 2.70. The Morgan fingerprint density at radius 1 is 0.778 bits per heavy atom. The number of aliphatic hydroxyl groups excluding tert-OH is 1. The maximum atomic E-state index is 15.1. The molecule has 8 rings (SSSR count). The molecule has 0 aromatic heterocycles. The van der Waals surface area contributed by atoms with Gasteiger partial charge in [0.25, 0.3) is 0 Å². The molecule has 8 nitrogen and oxygen atoms in total. The molecule has 338 valence electrons. The predicted molar refractivity (Wildman–Crippen MR) is 245 cm³/mol. The lowest BCUT2D eigenvalue weighted by atomic mass is 9.33. The average molecular weight is 858 g/mol. The molecule has 4 saturated carbocycles. The van der Waals surface area contributed by atoms with E-state index in [0.29, 0.717) is 6.42 Å². The number of benzene rings is 3. The maximum absolute atomic E-state index is 15.1. The number of hydrogen-bond donors (Lipinski definition) is 2. The van der Waals surface area contributed by atoms with Crippen LogP contribution in [-0.2, 0) is 35.2 Å². The summed E-state index contributed by atoms with van der Waals surface area (Å²) in [4.78, 5) is 42.0. The van der Waals surface area contributed by atoms with Crippen molar-refractivity contribution in [3.8, 4) is 0 Å². The molecule has 3 aromatic rings. The van der Waals surface area contributed by atoms with Gasteiger partial charge < -0.3 is 24.6 Å².